The zero-order chi connectivity index (χ0) is 29.7. The molecule has 1 amide bonds. The molecule has 0 aliphatic carbocycles. The fraction of sp³-hybridized carbons (Fsp3) is 0.0741. The first-order chi connectivity index (χ1) is 19.6. The quantitative estimate of drug-likeness (QED) is 0.0517. The minimum Gasteiger partial charge on any atom is -0.464 e. The van der Waals surface area contributed by atoms with Gasteiger partial charge in [0.1, 0.15) is 11.6 Å². The van der Waals surface area contributed by atoms with Crippen LogP contribution in [-0.4, -0.2) is 51.2 Å². The van der Waals surface area contributed by atoms with Gasteiger partial charge >= 0.3 is 5.97 Å². The molecule has 4 N–H and O–H groups in total. The van der Waals surface area contributed by atoms with Crippen molar-refractivity contribution in [1.29, 1.82) is 0 Å². The largest absolute Gasteiger partial charge is 0.464 e. The van der Waals surface area contributed by atoms with Gasteiger partial charge in [0.2, 0.25) is 5.78 Å². The topological polar surface area (TPSA) is 217 Å². The van der Waals surface area contributed by atoms with E-state index in [2.05, 4.69) is 25.1 Å². The summed E-state index contributed by atoms with van der Waals surface area (Å²) < 4.78 is 4.62. The third-order valence-electron chi connectivity index (χ3n) is 5.90. The van der Waals surface area contributed by atoms with Gasteiger partial charge in [0.05, 0.1) is 23.1 Å². The predicted octanol–water partition coefficient (Wildman–Crippen LogP) is 1.84. The van der Waals surface area contributed by atoms with E-state index < -0.39 is 45.5 Å². The average Bonchev–Trinajstić information content (AvgIpc) is 2.98. The third kappa shape index (κ3) is 5.85. The number of ether oxygens (including phenoxy) is 1. The molecule has 1 atom stereocenters. The Morgan fingerprint density at radius 2 is 1.76 bits per heavy atom. The number of ketones is 2. The maximum Gasteiger partial charge on any atom is 0.355 e. The number of benzene rings is 3. The summed E-state index contributed by atoms with van der Waals surface area (Å²) in [4.78, 5) is 81.7. The molecule has 1 heterocycles. The van der Waals surface area contributed by atoms with Gasteiger partial charge in [-0.1, -0.05) is 36.4 Å². The SMILES string of the molecule is COC(=O)C(=NN)C(C(=O)C(=O)Nc1cccc([N+](=O)[O-])c1)c1nc2ccc(C(=O)c3ccccc3)cc2[nH]c1=O. The fourth-order valence-corrected chi connectivity index (χ4v) is 3.94. The number of aromatic amines is 1. The third-order valence-corrected chi connectivity index (χ3v) is 5.90. The summed E-state index contributed by atoms with van der Waals surface area (Å²) in [7, 11) is 0.974. The Kier molecular flexibility index (Phi) is 8.03. The number of hydrogen-bond donors (Lipinski definition) is 3. The number of nitrogens with one attached hydrogen (secondary N) is 2. The van der Waals surface area contributed by atoms with Crippen LogP contribution in [0.15, 0.2) is 82.7 Å². The van der Waals surface area contributed by atoms with Crippen LogP contribution in [0.5, 0.6) is 0 Å². The molecule has 0 spiro atoms. The van der Waals surface area contributed by atoms with Crippen LogP contribution in [0.1, 0.15) is 27.5 Å². The molecule has 0 aliphatic heterocycles. The normalized spacial score (nSPS) is 11.9. The highest BCUT2D eigenvalue weighted by Gasteiger charge is 2.39. The highest BCUT2D eigenvalue weighted by molar-refractivity contribution is 6.53. The van der Waals surface area contributed by atoms with E-state index in [1.54, 1.807) is 30.3 Å². The molecule has 0 saturated carbocycles. The van der Waals surface area contributed by atoms with Crippen LogP contribution in [0.25, 0.3) is 11.0 Å². The number of hydrogen-bond acceptors (Lipinski definition) is 11. The van der Waals surface area contributed by atoms with E-state index in [-0.39, 0.29) is 33.8 Å². The minimum absolute atomic E-state index is 0.100. The first-order valence-electron chi connectivity index (χ1n) is 11.7. The molecule has 0 saturated heterocycles. The number of fused-ring (bicyclic) bond motifs is 1. The summed E-state index contributed by atoms with van der Waals surface area (Å²) in [5, 5.41) is 16.5. The van der Waals surface area contributed by atoms with Gasteiger partial charge in [-0.05, 0) is 24.3 Å². The second-order valence-electron chi connectivity index (χ2n) is 8.44. The number of methoxy groups -OCH3 is 1. The van der Waals surface area contributed by atoms with Gasteiger partial charge in [-0.2, -0.15) is 5.10 Å². The van der Waals surface area contributed by atoms with Gasteiger partial charge in [-0.25, -0.2) is 9.78 Å². The van der Waals surface area contributed by atoms with Crippen molar-refractivity contribution in [2.24, 2.45) is 10.9 Å². The second-order valence-corrected chi connectivity index (χ2v) is 8.44. The number of non-ortho nitro benzene ring substituents is 1. The molecule has 0 radical (unpaired) electrons. The number of Topliss-reactive ketones (excluding diaryl/α,β-unsaturated/α-hetero) is 1. The van der Waals surface area contributed by atoms with Gasteiger partial charge in [0, 0.05) is 28.9 Å². The van der Waals surface area contributed by atoms with E-state index in [0.29, 0.717) is 5.56 Å². The first-order valence-corrected chi connectivity index (χ1v) is 11.7. The summed E-state index contributed by atoms with van der Waals surface area (Å²) in [5.41, 5.74) is -1.92. The number of H-pyrrole nitrogens is 1. The van der Waals surface area contributed by atoms with Gasteiger partial charge < -0.3 is 20.9 Å². The summed E-state index contributed by atoms with van der Waals surface area (Å²) in [6.07, 6.45) is 0. The van der Waals surface area contributed by atoms with Gasteiger partial charge in [0.25, 0.3) is 17.2 Å². The Hall–Kier alpha value is -6.05. The number of carbonyl (C=O) groups is 4. The lowest BCUT2D eigenvalue weighted by molar-refractivity contribution is -0.384. The Morgan fingerprint density at radius 3 is 2.41 bits per heavy atom. The highest BCUT2D eigenvalue weighted by atomic mass is 16.6. The summed E-state index contributed by atoms with van der Waals surface area (Å²) in [6.45, 7) is 0. The van der Waals surface area contributed by atoms with E-state index in [9.17, 15) is 34.1 Å². The smallest absolute Gasteiger partial charge is 0.355 e. The zero-order valence-electron chi connectivity index (χ0n) is 21.2. The maximum absolute atomic E-state index is 13.3. The number of carbonyl (C=O) groups excluding carboxylic acids is 4. The number of nitro benzene ring substituents is 1. The molecule has 3 aromatic carbocycles. The number of nitro groups is 1. The van der Waals surface area contributed by atoms with E-state index in [1.807, 2.05) is 0 Å². The highest BCUT2D eigenvalue weighted by Crippen LogP contribution is 2.22. The maximum atomic E-state index is 13.3. The van der Waals surface area contributed by atoms with Crippen molar-refractivity contribution in [3.63, 3.8) is 0 Å². The van der Waals surface area contributed by atoms with E-state index in [4.69, 9.17) is 5.84 Å². The van der Waals surface area contributed by atoms with Crippen LogP contribution in [0.3, 0.4) is 0 Å². The average molecular weight is 556 g/mol. The Labute approximate surface area is 230 Å². The Bertz CT molecular complexity index is 1800. The number of nitrogens with zero attached hydrogens (tertiary/aromatic N) is 3. The second kappa shape index (κ2) is 11.8. The van der Waals surface area contributed by atoms with Crippen molar-refractivity contribution >= 4 is 51.6 Å². The fourth-order valence-electron chi connectivity index (χ4n) is 3.94. The van der Waals surface area contributed by atoms with Crippen LogP contribution in [-0.2, 0) is 19.1 Å². The van der Waals surface area contributed by atoms with Crippen LogP contribution < -0.4 is 16.7 Å². The molecule has 0 aliphatic rings. The summed E-state index contributed by atoms with van der Waals surface area (Å²) >= 11 is 0. The molecule has 14 heteroatoms. The predicted molar refractivity (Wildman–Crippen MR) is 145 cm³/mol. The summed E-state index contributed by atoms with van der Waals surface area (Å²) in [5.74, 6) is -0.896. The molecule has 0 fully saturated rings. The van der Waals surface area contributed by atoms with Crippen molar-refractivity contribution in [2.75, 3.05) is 12.4 Å². The minimum atomic E-state index is -2.01. The molecule has 0 bridgehead atoms. The molecule has 41 heavy (non-hydrogen) atoms. The van der Waals surface area contributed by atoms with Crippen molar-refractivity contribution in [2.45, 2.75) is 5.92 Å². The molecule has 1 unspecified atom stereocenters. The number of amides is 1. The molecule has 4 aromatic rings. The molecule has 1 aromatic heterocycles. The van der Waals surface area contributed by atoms with Crippen molar-refractivity contribution < 1.29 is 28.8 Å². The molecule has 14 nitrogen and oxygen atoms in total. The van der Waals surface area contributed by atoms with Gasteiger partial charge in [0.15, 0.2) is 11.5 Å². The van der Waals surface area contributed by atoms with Crippen LogP contribution in [0.4, 0.5) is 11.4 Å². The number of rotatable bonds is 9. The summed E-state index contributed by atoms with van der Waals surface area (Å²) in [6, 6.07) is 17.4. The van der Waals surface area contributed by atoms with Crippen LogP contribution >= 0.6 is 0 Å². The molecular formula is C27H20N6O8. The number of anilines is 1. The van der Waals surface area contributed by atoms with Crippen molar-refractivity contribution in [1.82, 2.24) is 9.97 Å². The lowest BCUT2D eigenvalue weighted by Crippen LogP contribution is -2.40. The first kappa shape index (κ1) is 28.0. The molecule has 4 rings (SSSR count). The number of nitrogens with two attached hydrogens (primary N) is 1. The number of aromatic nitrogens is 2. The Balaban J connectivity index is 1.76. The zero-order valence-corrected chi connectivity index (χ0v) is 21.2. The van der Waals surface area contributed by atoms with E-state index >= 15 is 0 Å². The van der Waals surface area contributed by atoms with Gasteiger partial charge in [-0.15, -0.1) is 0 Å². The standard InChI is InChI=1S/C27H20N6O8/c1-41-27(38)22(32-28)20(24(35)26(37)29-16-8-5-9-17(13-16)33(39)40)21-25(36)31-19-12-15(10-11-18(19)30-21)23(34)14-6-3-2-4-7-14/h2-13,20H,28H2,1H3,(H,29,37)(H,31,36). The number of hydrazone groups is 1. The van der Waals surface area contributed by atoms with Crippen LogP contribution in [0.2, 0.25) is 0 Å². The lowest BCUT2D eigenvalue weighted by Gasteiger charge is -2.15. The molecule has 206 valence electrons. The van der Waals surface area contributed by atoms with Gasteiger partial charge in [-0.3, -0.25) is 29.3 Å². The van der Waals surface area contributed by atoms with E-state index in [1.165, 1.54) is 36.4 Å². The number of esters is 1. The Morgan fingerprint density at radius 1 is 1.02 bits per heavy atom. The van der Waals surface area contributed by atoms with Crippen molar-refractivity contribution in [3.05, 3.63) is 110 Å². The van der Waals surface area contributed by atoms with Crippen LogP contribution in [0, 0.1) is 10.1 Å². The molecular weight excluding hydrogens is 536 g/mol. The van der Waals surface area contributed by atoms with E-state index in [0.717, 1.165) is 13.2 Å². The monoisotopic (exact) mass is 556 g/mol. The lowest BCUT2D eigenvalue weighted by atomic mass is 9.93. The van der Waals surface area contributed by atoms with Crippen molar-refractivity contribution in [3.8, 4) is 0 Å².